The number of nitrogens with two attached hydrogens (primary N) is 1. The second-order valence-corrected chi connectivity index (χ2v) is 5.90. The highest BCUT2D eigenvalue weighted by atomic mass is 32.2. The van der Waals surface area contributed by atoms with Crippen LogP contribution in [-0.2, 0) is 9.84 Å². The number of hydrogen-bond donors (Lipinski definition) is 1. The van der Waals surface area contributed by atoms with Crippen LogP contribution in [0.2, 0.25) is 0 Å². The van der Waals surface area contributed by atoms with Gasteiger partial charge in [-0.05, 0) is 6.42 Å². The molecule has 1 aliphatic rings. The van der Waals surface area contributed by atoms with Gasteiger partial charge in [-0.25, -0.2) is 13.1 Å². The van der Waals surface area contributed by atoms with Crippen LogP contribution in [0.4, 0.5) is 11.5 Å². The van der Waals surface area contributed by atoms with Gasteiger partial charge in [0.25, 0.3) is 0 Å². The fourth-order valence-electron chi connectivity index (χ4n) is 1.76. The molecule has 16 heavy (non-hydrogen) atoms. The maximum absolute atomic E-state index is 11.3. The van der Waals surface area contributed by atoms with E-state index in [0.29, 0.717) is 6.42 Å². The van der Waals surface area contributed by atoms with E-state index >= 15 is 0 Å². The Labute approximate surface area is 91.1 Å². The smallest absolute Gasteiger partial charge is 0.330 e. The Morgan fingerprint density at radius 3 is 2.75 bits per heavy atom. The number of nitrogen functional groups attached to an aromatic ring is 1. The summed E-state index contributed by atoms with van der Waals surface area (Å²) in [6.07, 6.45) is 1.44. The van der Waals surface area contributed by atoms with Gasteiger partial charge in [-0.15, -0.1) is 0 Å². The van der Waals surface area contributed by atoms with Gasteiger partial charge in [0, 0.05) is 0 Å². The van der Waals surface area contributed by atoms with Crippen LogP contribution >= 0.6 is 0 Å². The molecule has 0 aliphatic carbocycles. The Hall–Kier alpha value is -1.64. The molecule has 1 atom stereocenters. The lowest BCUT2D eigenvalue weighted by atomic mass is 10.3. The van der Waals surface area contributed by atoms with Crippen LogP contribution < -0.4 is 5.73 Å². The first-order valence-electron chi connectivity index (χ1n) is 4.58. The Balaban J connectivity index is 2.33. The molecule has 0 aromatic carbocycles. The standard InChI is InChI=1S/C7H10N4O4S/c8-7-6(11(12)13)3-9-10(7)5-1-2-16(14,15)4-5/h3,5H,1-2,4,8H2. The summed E-state index contributed by atoms with van der Waals surface area (Å²) in [5.41, 5.74) is 5.25. The molecule has 0 bridgehead atoms. The van der Waals surface area contributed by atoms with Gasteiger partial charge < -0.3 is 5.73 Å². The second kappa shape index (κ2) is 3.44. The van der Waals surface area contributed by atoms with E-state index in [0.717, 1.165) is 6.20 Å². The molecule has 1 saturated heterocycles. The highest BCUT2D eigenvalue weighted by molar-refractivity contribution is 7.91. The molecule has 2 N–H and O–H groups in total. The molecule has 88 valence electrons. The number of hydrogen-bond acceptors (Lipinski definition) is 6. The Bertz CT molecular complexity index is 535. The van der Waals surface area contributed by atoms with E-state index in [9.17, 15) is 18.5 Å². The molecule has 0 saturated carbocycles. The topological polar surface area (TPSA) is 121 Å². The zero-order valence-corrected chi connectivity index (χ0v) is 9.05. The Morgan fingerprint density at radius 1 is 1.62 bits per heavy atom. The number of aromatic nitrogens is 2. The summed E-state index contributed by atoms with van der Waals surface area (Å²) in [6, 6.07) is -0.390. The van der Waals surface area contributed by atoms with Gasteiger partial charge in [-0.2, -0.15) is 5.10 Å². The van der Waals surface area contributed by atoms with E-state index in [4.69, 9.17) is 5.73 Å². The SMILES string of the molecule is Nc1c([N+](=O)[O-])cnn1C1CCS(=O)(=O)C1. The number of rotatable bonds is 2. The molecule has 1 aliphatic heterocycles. The normalized spacial score (nSPS) is 23.4. The maximum atomic E-state index is 11.3. The average molecular weight is 246 g/mol. The molecule has 9 heteroatoms. The summed E-state index contributed by atoms with van der Waals surface area (Å²) in [6.45, 7) is 0. The number of anilines is 1. The number of nitro groups is 1. The van der Waals surface area contributed by atoms with Crippen LogP contribution in [0.15, 0.2) is 6.20 Å². The van der Waals surface area contributed by atoms with E-state index in [1.165, 1.54) is 4.68 Å². The van der Waals surface area contributed by atoms with E-state index in [2.05, 4.69) is 5.10 Å². The van der Waals surface area contributed by atoms with Crippen molar-refractivity contribution < 1.29 is 13.3 Å². The van der Waals surface area contributed by atoms with E-state index < -0.39 is 20.8 Å². The molecule has 2 heterocycles. The van der Waals surface area contributed by atoms with Gasteiger partial charge >= 0.3 is 5.69 Å². The minimum Gasteiger partial charge on any atom is -0.378 e. The highest BCUT2D eigenvalue weighted by Crippen LogP contribution is 2.29. The monoisotopic (exact) mass is 246 g/mol. The van der Waals surface area contributed by atoms with E-state index in [-0.39, 0.29) is 23.0 Å². The van der Waals surface area contributed by atoms with Crippen LogP contribution in [0.3, 0.4) is 0 Å². The Kier molecular flexibility index (Phi) is 2.34. The van der Waals surface area contributed by atoms with Gasteiger partial charge in [0.1, 0.15) is 6.20 Å². The summed E-state index contributed by atoms with van der Waals surface area (Å²) in [7, 11) is -3.06. The van der Waals surface area contributed by atoms with Crippen molar-refractivity contribution >= 4 is 21.3 Å². The fourth-order valence-corrected chi connectivity index (χ4v) is 3.45. The van der Waals surface area contributed by atoms with Crippen molar-refractivity contribution in [3.8, 4) is 0 Å². The molecular weight excluding hydrogens is 236 g/mol. The summed E-state index contributed by atoms with van der Waals surface area (Å²) < 4.78 is 23.7. The van der Waals surface area contributed by atoms with Gasteiger partial charge in [-0.1, -0.05) is 0 Å². The molecule has 1 unspecified atom stereocenters. The van der Waals surface area contributed by atoms with Crippen molar-refractivity contribution in [1.29, 1.82) is 0 Å². The lowest BCUT2D eigenvalue weighted by Crippen LogP contribution is -2.14. The van der Waals surface area contributed by atoms with Crippen molar-refractivity contribution in [2.45, 2.75) is 12.5 Å². The molecule has 1 fully saturated rings. The first-order chi connectivity index (χ1) is 7.41. The first-order valence-corrected chi connectivity index (χ1v) is 6.40. The van der Waals surface area contributed by atoms with Crippen LogP contribution in [0.5, 0.6) is 0 Å². The van der Waals surface area contributed by atoms with Crippen molar-refractivity contribution in [1.82, 2.24) is 9.78 Å². The van der Waals surface area contributed by atoms with E-state index in [1.54, 1.807) is 0 Å². The quantitative estimate of drug-likeness (QED) is 0.566. The van der Waals surface area contributed by atoms with Gasteiger partial charge in [-0.3, -0.25) is 10.1 Å². The summed E-state index contributed by atoms with van der Waals surface area (Å²) >= 11 is 0. The van der Waals surface area contributed by atoms with Crippen molar-refractivity contribution in [3.63, 3.8) is 0 Å². The summed E-state index contributed by atoms with van der Waals surface area (Å²) in [5, 5.41) is 14.3. The molecule has 0 spiro atoms. The van der Waals surface area contributed by atoms with E-state index in [1.807, 2.05) is 0 Å². The molecule has 1 aromatic rings. The number of nitrogens with zero attached hydrogens (tertiary/aromatic N) is 3. The maximum Gasteiger partial charge on any atom is 0.330 e. The second-order valence-electron chi connectivity index (χ2n) is 3.67. The zero-order chi connectivity index (χ0) is 11.9. The minimum absolute atomic E-state index is 0.0595. The largest absolute Gasteiger partial charge is 0.378 e. The molecule has 1 aromatic heterocycles. The third-order valence-electron chi connectivity index (χ3n) is 2.56. The van der Waals surface area contributed by atoms with Crippen molar-refractivity contribution in [2.24, 2.45) is 0 Å². The predicted molar refractivity (Wildman–Crippen MR) is 55.6 cm³/mol. The Morgan fingerprint density at radius 2 is 2.31 bits per heavy atom. The van der Waals surface area contributed by atoms with Crippen LogP contribution in [0.1, 0.15) is 12.5 Å². The molecule has 0 amide bonds. The van der Waals surface area contributed by atoms with Crippen molar-refractivity contribution in [3.05, 3.63) is 16.3 Å². The predicted octanol–water partition coefficient (Wildman–Crippen LogP) is -0.267. The first kappa shape index (κ1) is 10.9. The zero-order valence-electron chi connectivity index (χ0n) is 8.24. The average Bonchev–Trinajstić information content (AvgIpc) is 2.69. The molecular formula is C7H10N4O4S. The van der Waals surface area contributed by atoms with Crippen LogP contribution in [-0.4, -0.2) is 34.6 Å². The number of sulfone groups is 1. The van der Waals surface area contributed by atoms with Gasteiger partial charge in [0.15, 0.2) is 9.84 Å². The molecule has 0 radical (unpaired) electrons. The summed E-state index contributed by atoms with van der Waals surface area (Å²) in [4.78, 5) is 9.89. The van der Waals surface area contributed by atoms with Crippen LogP contribution in [0, 0.1) is 10.1 Å². The fraction of sp³-hybridized carbons (Fsp3) is 0.571. The third-order valence-corrected chi connectivity index (χ3v) is 4.31. The summed E-state index contributed by atoms with van der Waals surface area (Å²) in [5.74, 6) is -0.0760. The highest BCUT2D eigenvalue weighted by Gasteiger charge is 2.32. The molecule has 8 nitrogen and oxygen atoms in total. The van der Waals surface area contributed by atoms with Gasteiger partial charge in [0.05, 0.1) is 22.5 Å². The molecule has 2 rings (SSSR count). The minimum atomic E-state index is -3.06. The third kappa shape index (κ3) is 1.73. The van der Waals surface area contributed by atoms with Crippen molar-refractivity contribution in [2.75, 3.05) is 17.2 Å². The van der Waals surface area contributed by atoms with Gasteiger partial charge in [0.2, 0.25) is 5.82 Å². The van der Waals surface area contributed by atoms with Crippen LogP contribution in [0.25, 0.3) is 0 Å². The lowest BCUT2D eigenvalue weighted by molar-refractivity contribution is -0.384. The lowest BCUT2D eigenvalue weighted by Gasteiger charge is -2.08.